The fourth-order valence-corrected chi connectivity index (χ4v) is 1.63. The van der Waals surface area contributed by atoms with Gasteiger partial charge in [-0.2, -0.15) is 0 Å². The Balaban J connectivity index is 0.00000162. The minimum absolute atomic E-state index is 0. The summed E-state index contributed by atoms with van der Waals surface area (Å²) in [6, 6.07) is 7.44. The summed E-state index contributed by atoms with van der Waals surface area (Å²) < 4.78 is 11.0. The zero-order valence-electron chi connectivity index (χ0n) is 9.87. The fraction of sp³-hybridized carbons (Fsp3) is 0.250. The lowest BCUT2D eigenvalue weighted by Crippen LogP contribution is -2.33. The summed E-state index contributed by atoms with van der Waals surface area (Å²) in [5, 5.41) is 12.6. The first-order valence-corrected chi connectivity index (χ1v) is 5.36. The van der Waals surface area contributed by atoms with Gasteiger partial charge in [0, 0.05) is 5.39 Å². The highest BCUT2D eigenvalue weighted by atomic mass is 35.5. The third kappa shape index (κ3) is 2.68. The summed E-state index contributed by atoms with van der Waals surface area (Å²) in [5.41, 5.74) is 6.20. The van der Waals surface area contributed by atoms with Crippen LogP contribution in [0.3, 0.4) is 0 Å². The van der Waals surface area contributed by atoms with E-state index in [2.05, 4.69) is 5.16 Å². The molecule has 18 heavy (non-hydrogen) atoms. The quantitative estimate of drug-likeness (QED) is 0.387. The molecule has 2 aromatic rings. The molecule has 0 aliphatic heterocycles. The summed E-state index contributed by atoms with van der Waals surface area (Å²) >= 11 is 0. The number of rotatable bonds is 4. The Morgan fingerprint density at radius 3 is 2.94 bits per heavy atom. The van der Waals surface area contributed by atoms with E-state index >= 15 is 0 Å². The van der Waals surface area contributed by atoms with Gasteiger partial charge in [0.15, 0.2) is 23.3 Å². The van der Waals surface area contributed by atoms with Gasteiger partial charge in [0.1, 0.15) is 0 Å². The fourth-order valence-electron chi connectivity index (χ4n) is 1.63. The molecule has 0 saturated heterocycles. The van der Waals surface area contributed by atoms with Gasteiger partial charge in [-0.3, -0.25) is 0 Å². The van der Waals surface area contributed by atoms with Crippen molar-refractivity contribution in [1.29, 1.82) is 0 Å². The molecule has 0 radical (unpaired) electrons. The molecule has 0 aliphatic rings. The number of hydrogen-bond acceptors (Lipinski definition) is 4. The van der Waals surface area contributed by atoms with Gasteiger partial charge >= 0.3 is 0 Å². The second-order valence-electron chi connectivity index (χ2n) is 3.63. The molecule has 1 atom stereocenters. The predicted octanol–water partition coefficient (Wildman–Crippen LogP) is 2.76. The van der Waals surface area contributed by atoms with Gasteiger partial charge < -0.3 is 20.1 Å². The van der Waals surface area contributed by atoms with Crippen LogP contribution in [0.2, 0.25) is 0 Å². The van der Waals surface area contributed by atoms with Gasteiger partial charge in [-0.15, -0.1) is 12.4 Å². The lowest BCUT2D eigenvalue weighted by molar-refractivity contribution is 0.246. The number of nitrogens with zero attached hydrogens (tertiary/aromatic N) is 1. The SMILES string of the molecule is CCC(Oc1cccc2ccoc12)C(N)=NO.Cl. The highest BCUT2D eigenvalue weighted by Crippen LogP contribution is 2.27. The van der Waals surface area contributed by atoms with Crippen LogP contribution in [0.1, 0.15) is 13.3 Å². The first-order valence-electron chi connectivity index (χ1n) is 5.36. The molecule has 1 unspecified atom stereocenters. The van der Waals surface area contributed by atoms with E-state index < -0.39 is 6.10 Å². The third-order valence-electron chi connectivity index (χ3n) is 2.53. The van der Waals surface area contributed by atoms with E-state index in [1.807, 2.05) is 25.1 Å². The average molecular weight is 271 g/mol. The zero-order valence-corrected chi connectivity index (χ0v) is 10.7. The van der Waals surface area contributed by atoms with E-state index in [0.29, 0.717) is 17.8 Å². The molecule has 3 N–H and O–H groups in total. The number of para-hydroxylation sites is 1. The molecule has 1 heterocycles. The number of fused-ring (bicyclic) bond motifs is 1. The van der Waals surface area contributed by atoms with Crippen molar-refractivity contribution >= 4 is 29.2 Å². The summed E-state index contributed by atoms with van der Waals surface area (Å²) in [6.07, 6.45) is 1.74. The van der Waals surface area contributed by atoms with Crippen LogP contribution in [0.15, 0.2) is 40.1 Å². The van der Waals surface area contributed by atoms with Gasteiger partial charge in [0.25, 0.3) is 0 Å². The number of furan rings is 1. The van der Waals surface area contributed by atoms with Crippen LogP contribution in [0, 0.1) is 0 Å². The molecule has 1 aromatic carbocycles. The Morgan fingerprint density at radius 2 is 2.28 bits per heavy atom. The van der Waals surface area contributed by atoms with E-state index in [4.69, 9.17) is 20.1 Å². The molecule has 0 spiro atoms. The monoisotopic (exact) mass is 270 g/mol. The lowest BCUT2D eigenvalue weighted by atomic mass is 10.2. The third-order valence-corrected chi connectivity index (χ3v) is 2.53. The lowest BCUT2D eigenvalue weighted by Gasteiger charge is -2.15. The largest absolute Gasteiger partial charge is 0.478 e. The average Bonchev–Trinajstić information content (AvgIpc) is 2.83. The molecule has 1 aromatic heterocycles. The first-order chi connectivity index (χ1) is 8.26. The molecular formula is C12H15ClN2O3. The van der Waals surface area contributed by atoms with Crippen molar-refractivity contribution in [2.75, 3.05) is 0 Å². The Kier molecular flexibility index (Phi) is 4.85. The maximum absolute atomic E-state index is 8.65. The van der Waals surface area contributed by atoms with Crippen LogP contribution < -0.4 is 10.5 Å². The molecule has 6 heteroatoms. The van der Waals surface area contributed by atoms with Gasteiger partial charge in [-0.1, -0.05) is 24.2 Å². The number of oxime groups is 1. The molecule has 2 rings (SSSR count). The second-order valence-corrected chi connectivity index (χ2v) is 3.63. The van der Waals surface area contributed by atoms with Crippen LogP contribution in [0.5, 0.6) is 5.75 Å². The molecule has 0 fully saturated rings. The normalized spacial score (nSPS) is 13.1. The smallest absolute Gasteiger partial charge is 0.180 e. The van der Waals surface area contributed by atoms with Crippen molar-refractivity contribution in [1.82, 2.24) is 0 Å². The molecule has 5 nitrogen and oxygen atoms in total. The minimum Gasteiger partial charge on any atom is -0.478 e. The maximum atomic E-state index is 8.65. The second kappa shape index (κ2) is 6.16. The van der Waals surface area contributed by atoms with Crippen LogP contribution in [-0.4, -0.2) is 17.1 Å². The minimum atomic E-state index is -0.462. The van der Waals surface area contributed by atoms with Crippen LogP contribution in [0.25, 0.3) is 11.0 Å². The number of halogens is 1. The van der Waals surface area contributed by atoms with Gasteiger partial charge in [-0.25, -0.2) is 0 Å². The van der Waals surface area contributed by atoms with E-state index in [0.717, 1.165) is 5.39 Å². The van der Waals surface area contributed by atoms with E-state index in [9.17, 15) is 0 Å². The van der Waals surface area contributed by atoms with Gasteiger partial charge in [0.05, 0.1) is 6.26 Å². The number of hydrogen-bond donors (Lipinski definition) is 2. The van der Waals surface area contributed by atoms with Crippen molar-refractivity contribution in [3.05, 3.63) is 30.5 Å². The van der Waals surface area contributed by atoms with E-state index in [1.165, 1.54) is 0 Å². The van der Waals surface area contributed by atoms with Gasteiger partial charge in [0.2, 0.25) is 0 Å². The molecule has 0 saturated carbocycles. The van der Waals surface area contributed by atoms with Crippen molar-refractivity contribution in [2.24, 2.45) is 10.9 Å². The summed E-state index contributed by atoms with van der Waals surface area (Å²) in [6.45, 7) is 1.89. The van der Waals surface area contributed by atoms with Crippen molar-refractivity contribution in [3.8, 4) is 5.75 Å². The number of ether oxygens (including phenoxy) is 1. The number of benzene rings is 1. The Labute approximate surface area is 111 Å². The number of nitrogens with two attached hydrogens (primary N) is 1. The van der Waals surface area contributed by atoms with Crippen LogP contribution in [0.4, 0.5) is 0 Å². The van der Waals surface area contributed by atoms with E-state index in [1.54, 1.807) is 12.3 Å². The summed E-state index contributed by atoms with van der Waals surface area (Å²) in [5.74, 6) is 0.641. The van der Waals surface area contributed by atoms with Crippen LogP contribution >= 0.6 is 12.4 Å². The van der Waals surface area contributed by atoms with Crippen molar-refractivity contribution < 1.29 is 14.4 Å². The number of amidine groups is 1. The molecule has 0 bridgehead atoms. The first kappa shape index (κ1) is 14.2. The van der Waals surface area contributed by atoms with E-state index in [-0.39, 0.29) is 18.2 Å². The summed E-state index contributed by atoms with van der Waals surface area (Å²) in [4.78, 5) is 0. The molecule has 0 aliphatic carbocycles. The molecular weight excluding hydrogens is 256 g/mol. The maximum Gasteiger partial charge on any atom is 0.180 e. The standard InChI is InChI=1S/C12H14N2O3.ClH/c1-2-9(12(13)14-15)17-10-5-3-4-8-6-7-16-11(8)10;/h3-7,9,15H,2H2,1H3,(H2,13,14);1H. The topological polar surface area (TPSA) is 81.0 Å². The van der Waals surface area contributed by atoms with Gasteiger partial charge in [-0.05, 0) is 18.6 Å². The summed E-state index contributed by atoms with van der Waals surface area (Å²) in [7, 11) is 0. The highest BCUT2D eigenvalue weighted by Gasteiger charge is 2.16. The Hall–Kier alpha value is -1.88. The zero-order chi connectivity index (χ0) is 12.3. The molecule has 98 valence electrons. The highest BCUT2D eigenvalue weighted by molar-refractivity contribution is 5.86. The predicted molar refractivity (Wildman–Crippen MR) is 71.6 cm³/mol. The Bertz CT molecular complexity index is 539. The Morgan fingerprint density at radius 1 is 1.50 bits per heavy atom. The van der Waals surface area contributed by atoms with Crippen molar-refractivity contribution in [3.63, 3.8) is 0 Å². The molecule has 0 amide bonds. The van der Waals surface area contributed by atoms with Crippen molar-refractivity contribution in [2.45, 2.75) is 19.4 Å². The van der Waals surface area contributed by atoms with Crippen LogP contribution in [-0.2, 0) is 0 Å².